The van der Waals surface area contributed by atoms with Crippen LogP contribution in [0.1, 0.15) is 11.3 Å². The van der Waals surface area contributed by atoms with Crippen molar-refractivity contribution in [1.82, 2.24) is 10.2 Å². The maximum absolute atomic E-state index is 10.1. The first-order valence-corrected chi connectivity index (χ1v) is 4.47. The molecular weight excluding hydrogens is 196 g/mol. The van der Waals surface area contributed by atoms with Gasteiger partial charge in [-0.25, -0.2) is 0 Å². The molecule has 0 aliphatic heterocycles. The molecule has 0 aliphatic carbocycles. The van der Waals surface area contributed by atoms with E-state index in [4.69, 9.17) is 5.11 Å². The van der Waals surface area contributed by atoms with Crippen LogP contribution in [0.5, 0.6) is 0 Å². The lowest BCUT2D eigenvalue weighted by molar-refractivity contribution is -0.129. The Morgan fingerprint density at radius 2 is 2.40 bits per heavy atom. The van der Waals surface area contributed by atoms with Gasteiger partial charge in [-0.15, -0.1) is 0 Å². The van der Waals surface area contributed by atoms with Gasteiger partial charge >= 0.3 is 0 Å². The molecule has 5 nitrogen and oxygen atoms in total. The van der Waals surface area contributed by atoms with Gasteiger partial charge < -0.3 is 9.84 Å². The van der Waals surface area contributed by atoms with E-state index in [0.717, 1.165) is 16.5 Å². The Bertz CT molecular complexity index is 478. The number of ether oxygens (including phenoxy) is 1. The average Bonchev–Trinajstić information content (AvgIpc) is 2.68. The Labute approximate surface area is 85.7 Å². The second kappa shape index (κ2) is 4.10. The number of hydrogen-bond donors (Lipinski definition) is 2. The summed E-state index contributed by atoms with van der Waals surface area (Å²) in [5.74, 6) is 0. The Hall–Kier alpha value is -1.88. The fraction of sp³-hybridized carbons (Fsp3) is 0.200. The SMILES string of the molecule is O=COCc1n[nH]c2ccc(CO)cc12. The van der Waals surface area contributed by atoms with Gasteiger partial charge in [0.25, 0.3) is 6.47 Å². The maximum Gasteiger partial charge on any atom is 0.293 e. The van der Waals surface area contributed by atoms with Crippen molar-refractivity contribution in [3.63, 3.8) is 0 Å². The van der Waals surface area contributed by atoms with Gasteiger partial charge in [0.15, 0.2) is 0 Å². The van der Waals surface area contributed by atoms with Gasteiger partial charge in [0.05, 0.1) is 12.1 Å². The molecular formula is C10H10N2O3. The van der Waals surface area contributed by atoms with Crippen LogP contribution in [-0.2, 0) is 22.7 Å². The number of H-pyrrole nitrogens is 1. The molecule has 0 atom stereocenters. The predicted octanol–water partition coefficient (Wildman–Crippen LogP) is 0.728. The number of benzene rings is 1. The van der Waals surface area contributed by atoms with E-state index >= 15 is 0 Å². The highest BCUT2D eigenvalue weighted by Gasteiger charge is 2.06. The first kappa shape index (κ1) is 9.67. The van der Waals surface area contributed by atoms with Gasteiger partial charge in [-0.3, -0.25) is 9.89 Å². The van der Waals surface area contributed by atoms with E-state index in [1.54, 1.807) is 0 Å². The fourth-order valence-electron chi connectivity index (χ4n) is 1.44. The van der Waals surface area contributed by atoms with E-state index in [1.807, 2.05) is 18.2 Å². The summed E-state index contributed by atoms with van der Waals surface area (Å²) in [4.78, 5) is 10.1. The van der Waals surface area contributed by atoms with E-state index in [2.05, 4.69) is 14.9 Å². The molecule has 2 aromatic rings. The van der Waals surface area contributed by atoms with Crippen molar-refractivity contribution >= 4 is 17.4 Å². The molecule has 0 saturated carbocycles. The smallest absolute Gasteiger partial charge is 0.293 e. The van der Waals surface area contributed by atoms with Crippen LogP contribution in [0.2, 0.25) is 0 Å². The van der Waals surface area contributed by atoms with E-state index in [0.29, 0.717) is 12.2 Å². The van der Waals surface area contributed by atoms with E-state index in [-0.39, 0.29) is 13.2 Å². The minimum absolute atomic E-state index is 0.0188. The molecule has 0 amide bonds. The summed E-state index contributed by atoms with van der Waals surface area (Å²) < 4.78 is 4.63. The Morgan fingerprint density at radius 3 is 3.13 bits per heavy atom. The summed E-state index contributed by atoms with van der Waals surface area (Å²) >= 11 is 0. The van der Waals surface area contributed by atoms with Gasteiger partial charge in [0.1, 0.15) is 12.3 Å². The van der Waals surface area contributed by atoms with Gasteiger partial charge in [0.2, 0.25) is 0 Å². The van der Waals surface area contributed by atoms with Crippen LogP contribution in [0.15, 0.2) is 18.2 Å². The molecule has 0 unspecified atom stereocenters. The molecule has 0 aliphatic rings. The molecule has 0 spiro atoms. The van der Waals surface area contributed by atoms with Crippen LogP contribution in [0, 0.1) is 0 Å². The molecule has 0 radical (unpaired) electrons. The molecule has 78 valence electrons. The van der Waals surface area contributed by atoms with E-state index < -0.39 is 0 Å². The van der Waals surface area contributed by atoms with Crippen LogP contribution in [0.4, 0.5) is 0 Å². The zero-order chi connectivity index (χ0) is 10.7. The van der Waals surface area contributed by atoms with Crippen molar-refractivity contribution in [3.05, 3.63) is 29.5 Å². The first-order chi connectivity index (χ1) is 7.35. The van der Waals surface area contributed by atoms with Gasteiger partial charge in [0, 0.05) is 5.39 Å². The highest BCUT2D eigenvalue weighted by atomic mass is 16.5. The molecule has 1 heterocycles. The third-order valence-corrected chi connectivity index (χ3v) is 2.18. The number of hydrogen-bond acceptors (Lipinski definition) is 4. The Kier molecular flexibility index (Phi) is 2.64. The number of nitrogens with zero attached hydrogens (tertiary/aromatic N) is 1. The van der Waals surface area contributed by atoms with Crippen LogP contribution >= 0.6 is 0 Å². The third kappa shape index (κ3) is 1.82. The van der Waals surface area contributed by atoms with Crippen LogP contribution in [0.25, 0.3) is 10.9 Å². The van der Waals surface area contributed by atoms with Crippen LogP contribution in [-0.4, -0.2) is 21.8 Å². The summed E-state index contributed by atoms with van der Waals surface area (Å²) in [6, 6.07) is 5.46. The number of fused-ring (bicyclic) bond motifs is 1. The summed E-state index contributed by atoms with van der Waals surface area (Å²) in [5.41, 5.74) is 2.32. The van der Waals surface area contributed by atoms with Gasteiger partial charge in [-0.2, -0.15) is 5.10 Å². The molecule has 0 saturated heterocycles. The molecule has 2 N–H and O–H groups in total. The van der Waals surface area contributed by atoms with Crippen molar-refractivity contribution in [2.24, 2.45) is 0 Å². The van der Waals surface area contributed by atoms with Gasteiger partial charge in [-0.1, -0.05) is 6.07 Å². The maximum atomic E-state index is 10.1. The zero-order valence-corrected chi connectivity index (χ0v) is 7.93. The standard InChI is InChI=1S/C10H10N2O3/c13-4-7-1-2-9-8(3-7)10(12-11-9)5-15-6-14/h1-3,6,13H,4-5H2,(H,11,12). The number of rotatable bonds is 4. The largest absolute Gasteiger partial charge is 0.461 e. The van der Waals surface area contributed by atoms with Gasteiger partial charge in [-0.05, 0) is 17.7 Å². The van der Waals surface area contributed by atoms with Crippen LogP contribution < -0.4 is 0 Å². The number of aromatic nitrogens is 2. The van der Waals surface area contributed by atoms with E-state index in [9.17, 15) is 4.79 Å². The van der Waals surface area contributed by atoms with Crippen molar-refractivity contribution in [2.75, 3.05) is 0 Å². The fourth-order valence-corrected chi connectivity index (χ4v) is 1.44. The molecule has 0 bridgehead atoms. The quantitative estimate of drug-likeness (QED) is 0.723. The molecule has 1 aromatic carbocycles. The molecule has 2 rings (SSSR count). The van der Waals surface area contributed by atoms with Crippen molar-refractivity contribution in [1.29, 1.82) is 0 Å². The zero-order valence-electron chi connectivity index (χ0n) is 7.93. The molecule has 15 heavy (non-hydrogen) atoms. The number of carbonyl (C=O) groups excluding carboxylic acids is 1. The summed E-state index contributed by atoms with van der Waals surface area (Å²) in [6.07, 6.45) is 0. The van der Waals surface area contributed by atoms with Crippen molar-refractivity contribution in [3.8, 4) is 0 Å². The minimum atomic E-state index is -0.0188. The summed E-state index contributed by atoms with van der Waals surface area (Å²) in [7, 11) is 0. The number of aliphatic hydroxyl groups is 1. The topological polar surface area (TPSA) is 75.2 Å². The first-order valence-electron chi connectivity index (χ1n) is 4.47. The summed E-state index contributed by atoms with van der Waals surface area (Å²) in [6.45, 7) is 0.504. The van der Waals surface area contributed by atoms with Crippen LogP contribution in [0.3, 0.4) is 0 Å². The highest BCUT2D eigenvalue weighted by Crippen LogP contribution is 2.18. The second-order valence-electron chi connectivity index (χ2n) is 3.12. The lowest BCUT2D eigenvalue weighted by atomic mass is 10.1. The molecule has 1 aromatic heterocycles. The number of carbonyl (C=O) groups is 1. The highest BCUT2D eigenvalue weighted by molar-refractivity contribution is 5.81. The number of aliphatic hydroxyl groups excluding tert-OH is 1. The molecule has 0 fully saturated rings. The average molecular weight is 206 g/mol. The minimum Gasteiger partial charge on any atom is -0.461 e. The Balaban J connectivity index is 2.41. The second-order valence-corrected chi connectivity index (χ2v) is 3.12. The van der Waals surface area contributed by atoms with Crippen molar-refractivity contribution in [2.45, 2.75) is 13.2 Å². The summed E-state index contributed by atoms with van der Waals surface area (Å²) in [5, 5.41) is 16.7. The van der Waals surface area contributed by atoms with E-state index in [1.165, 1.54) is 0 Å². The third-order valence-electron chi connectivity index (χ3n) is 2.18. The Morgan fingerprint density at radius 1 is 1.53 bits per heavy atom. The monoisotopic (exact) mass is 206 g/mol. The normalized spacial score (nSPS) is 10.5. The number of aromatic amines is 1. The lowest BCUT2D eigenvalue weighted by Gasteiger charge is -1.97. The van der Waals surface area contributed by atoms with Crippen molar-refractivity contribution < 1.29 is 14.6 Å². The predicted molar refractivity (Wildman–Crippen MR) is 52.9 cm³/mol. The lowest BCUT2D eigenvalue weighted by Crippen LogP contribution is -1.91. The molecule has 5 heteroatoms. The number of nitrogens with one attached hydrogen (secondary N) is 1.